The number of nitrogens with one attached hydrogen (secondary N) is 1. The summed E-state index contributed by atoms with van der Waals surface area (Å²) < 4.78 is 54.2. The van der Waals surface area contributed by atoms with Gasteiger partial charge in [0.2, 0.25) is 5.91 Å². The third-order valence-electron chi connectivity index (χ3n) is 5.52. The fourth-order valence-electron chi connectivity index (χ4n) is 3.96. The highest BCUT2D eigenvalue weighted by Crippen LogP contribution is 2.36. The van der Waals surface area contributed by atoms with Crippen LogP contribution in [0.15, 0.2) is 24.3 Å². The zero-order valence-electron chi connectivity index (χ0n) is 18.5. The highest BCUT2D eigenvalue weighted by molar-refractivity contribution is 5.93. The monoisotopic (exact) mass is 436 g/mol. The fraction of sp³-hybridized carbons (Fsp3) is 0.458. The Morgan fingerprint density at radius 3 is 2.39 bits per heavy atom. The summed E-state index contributed by atoms with van der Waals surface area (Å²) in [5.41, 5.74) is 2.54. The van der Waals surface area contributed by atoms with Gasteiger partial charge in [0.15, 0.2) is 5.82 Å². The molecule has 1 heterocycles. The van der Waals surface area contributed by atoms with Crippen molar-refractivity contribution in [3.05, 3.63) is 57.9 Å². The average Bonchev–Trinajstić information content (AvgIpc) is 2.65. The third kappa shape index (κ3) is 5.20. The average molecular weight is 436 g/mol. The van der Waals surface area contributed by atoms with Crippen LogP contribution in [0.4, 0.5) is 28.9 Å². The van der Waals surface area contributed by atoms with Gasteiger partial charge in [0, 0.05) is 30.8 Å². The molecule has 1 amide bonds. The summed E-state index contributed by atoms with van der Waals surface area (Å²) in [6.07, 6.45) is -3.65. The molecule has 7 heteroatoms. The summed E-state index contributed by atoms with van der Waals surface area (Å²) in [6, 6.07) is 5.43. The quantitative estimate of drug-likeness (QED) is 0.565. The van der Waals surface area contributed by atoms with E-state index in [1.807, 2.05) is 32.6 Å². The van der Waals surface area contributed by atoms with Crippen LogP contribution >= 0.6 is 0 Å². The van der Waals surface area contributed by atoms with E-state index in [1.165, 1.54) is 12.1 Å². The van der Waals surface area contributed by atoms with Crippen molar-refractivity contribution in [3.8, 4) is 0 Å². The number of benzene rings is 2. The molecule has 1 N–H and O–H groups in total. The van der Waals surface area contributed by atoms with Gasteiger partial charge in [0.05, 0.1) is 11.3 Å². The van der Waals surface area contributed by atoms with Crippen LogP contribution in [-0.4, -0.2) is 12.5 Å². The largest absolute Gasteiger partial charge is 0.416 e. The summed E-state index contributed by atoms with van der Waals surface area (Å²) in [4.78, 5) is 14.2. The van der Waals surface area contributed by atoms with Crippen LogP contribution in [-0.2, 0) is 23.9 Å². The molecule has 0 fully saturated rings. The first-order valence-electron chi connectivity index (χ1n) is 10.3. The van der Waals surface area contributed by atoms with Gasteiger partial charge in [0.25, 0.3) is 0 Å². The highest BCUT2D eigenvalue weighted by Gasteiger charge is 2.32. The maximum atomic E-state index is 15.3. The summed E-state index contributed by atoms with van der Waals surface area (Å²) in [5, 5.41) is 2.84. The molecule has 2 aromatic carbocycles. The number of carbonyl (C=O) groups is 1. The van der Waals surface area contributed by atoms with Gasteiger partial charge in [-0.2, -0.15) is 13.2 Å². The first-order valence-corrected chi connectivity index (χ1v) is 10.3. The predicted molar refractivity (Wildman–Crippen MR) is 115 cm³/mol. The van der Waals surface area contributed by atoms with E-state index in [0.717, 1.165) is 17.2 Å². The molecule has 0 saturated heterocycles. The number of aryl methyl sites for hydroxylation is 1. The maximum Gasteiger partial charge on any atom is 0.416 e. The molecule has 168 valence electrons. The number of carbonyl (C=O) groups excluding carboxylic acids is 1. The number of hydrogen-bond acceptors (Lipinski definition) is 2. The van der Waals surface area contributed by atoms with E-state index in [4.69, 9.17) is 0 Å². The summed E-state index contributed by atoms with van der Waals surface area (Å²) in [5.74, 6) is -0.592. The van der Waals surface area contributed by atoms with E-state index in [0.29, 0.717) is 48.4 Å². The molecule has 3 nitrogen and oxygen atoms in total. The molecule has 31 heavy (non-hydrogen) atoms. The Balaban J connectivity index is 1.85. The van der Waals surface area contributed by atoms with E-state index in [1.54, 1.807) is 13.0 Å². The number of halogens is 4. The van der Waals surface area contributed by atoms with E-state index in [-0.39, 0.29) is 11.3 Å². The van der Waals surface area contributed by atoms with Crippen LogP contribution in [0, 0.1) is 25.1 Å². The topological polar surface area (TPSA) is 32.3 Å². The molecule has 0 bridgehead atoms. The lowest BCUT2D eigenvalue weighted by molar-refractivity contribution is -0.137. The van der Waals surface area contributed by atoms with Gasteiger partial charge < -0.3 is 10.2 Å². The van der Waals surface area contributed by atoms with Gasteiger partial charge in [-0.25, -0.2) is 4.39 Å². The van der Waals surface area contributed by atoms with Crippen molar-refractivity contribution in [3.63, 3.8) is 0 Å². The normalized spacial score (nSPS) is 14.4. The highest BCUT2D eigenvalue weighted by atomic mass is 19.4. The Bertz CT molecular complexity index is 1010. The molecule has 0 spiro atoms. The van der Waals surface area contributed by atoms with Gasteiger partial charge in [-0.1, -0.05) is 26.8 Å². The molecule has 0 saturated carbocycles. The maximum absolute atomic E-state index is 15.3. The minimum Gasteiger partial charge on any atom is -0.364 e. The minimum absolute atomic E-state index is 0.168. The van der Waals surface area contributed by atoms with Gasteiger partial charge in [-0.15, -0.1) is 0 Å². The zero-order valence-corrected chi connectivity index (χ0v) is 18.5. The summed E-state index contributed by atoms with van der Waals surface area (Å²) in [7, 11) is 0. The Morgan fingerprint density at radius 2 is 1.77 bits per heavy atom. The Morgan fingerprint density at radius 1 is 1.10 bits per heavy atom. The molecule has 0 aliphatic carbocycles. The molecular formula is C24H28F4N2O. The molecule has 2 aromatic rings. The molecular weight excluding hydrogens is 408 g/mol. The van der Waals surface area contributed by atoms with Crippen LogP contribution < -0.4 is 10.2 Å². The smallest absolute Gasteiger partial charge is 0.364 e. The van der Waals surface area contributed by atoms with E-state index in [9.17, 15) is 18.0 Å². The molecule has 0 unspecified atom stereocenters. The second-order valence-electron chi connectivity index (χ2n) is 9.46. The number of amides is 1. The van der Waals surface area contributed by atoms with E-state index >= 15 is 4.39 Å². The number of fused-ring (bicyclic) bond motifs is 1. The van der Waals surface area contributed by atoms with Crippen LogP contribution in [0.5, 0.6) is 0 Å². The molecule has 0 radical (unpaired) electrons. The summed E-state index contributed by atoms with van der Waals surface area (Å²) >= 11 is 0. The second kappa shape index (κ2) is 8.17. The minimum atomic E-state index is -4.38. The molecule has 0 aromatic heterocycles. The molecule has 1 aliphatic heterocycles. The van der Waals surface area contributed by atoms with Gasteiger partial charge in [-0.05, 0) is 60.6 Å². The van der Waals surface area contributed by atoms with E-state index < -0.39 is 17.6 Å². The molecule has 0 atom stereocenters. The number of rotatable bonds is 3. The van der Waals surface area contributed by atoms with Crippen molar-refractivity contribution in [1.82, 2.24) is 0 Å². The SMILES string of the molecule is Cc1cc(N2CCc3cc(C(F)(F)F)ccc3C2)c(F)c(C)c1NC(=O)CC(C)(C)C. The lowest BCUT2D eigenvalue weighted by Crippen LogP contribution is -2.31. The Labute approximate surface area is 180 Å². The fourth-order valence-corrected chi connectivity index (χ4v) is 3.96. The number of alkyl halides is 3. The van der Waals surface area contributed by atoms with Crippen molar-refractivity contribution in [2.75, 3.05) is 16.8 Å². The van der Waals surface area contributed by atoms with Crippen LogP contribution in [0.25, 0.3) is 0 Å². The van der Waals surface area contributed by atoms with Crippen molar-refractivity contribution in [2.45, 2.75) is 60.2 Å². The predicted octanol–water partition coefficient (Wildman–Crippen LogP) is 6.40. The first-order chi connectivity index (χ1) is 14.3. The van der Waals surface area contributed by atoms with Gasteiger partial charge >= 0.3 is 6.18 Å². The van der Waals surface area contributed by atoms with Crippen molar-refractivity contribution in [2.24, 2.45) is 5.41 Å². The number of hydrogen-bond donors (Lipinski definition) is 1. The van der Waals surface area contributed by atoms with Crippen LogP contribution in [0.1, 0.15) is 55.0 Å². The molecule has 3 rings (SSSR count). The molecule has 1 aliphatic rings. The number of anilines is 2. The lowest BCUT2D eigenvalue weighted by atomic mass is 9.91. The summed E-state index contributed by atoms with van der Waals surface area (Å²) in [6.45, 7) is 10.1. The Hall–Kier alpha value is -2.57. The van der Waals surface area contributed by atoms with Gasteiger partial charge in [0.1, 0.15) is 0 Å². The van der Waals surface area contributed by atoms with Crippen LogP contribution in [0.3, 0.4) is 0 Å². The zero-order chi connectivity index (χ0) is 23.1. The van der Waals surface area contributed by atoms with E-state index in [2.05, 4.69) is 5.32 Å². The third-order valence-corrected chi connectivity index (χ3v) is 5.52. The van der Waals surface area contributed by atoms with Crippen molar-refractivity contribution >= 4 is 17.3 Å². The van der Waals surface area contributed by atoms with Gasteiger partial charge in [-0.3, -0.25) is 4.79 Å². The lowest BCUT2D eigenvalue weighted by Gasteiger charge is -2.32. The first kappa shape index (κ1) is 23.1. The number of nitrogens with zero attached hydrogens (tertiary/aromatic N) is 1. The Kier molecular flexibility index (Phi) is 6.09. The second-order valence-corrected chi connectivity index (χ2v) is 9.46. The van der Waals surface area contributed by atoms with Crippen LogP contribution in [0.2, 0.25) is 0 Å². The van der Waals surface area contributed by atoms with Crippen molar-refractivity contribution < 1.29 is 22.4 Å². The van der Waals surface area contributed by atoms with Crippen molar-refractivity contribution in [1.29, 1.82) is 0 Å². The standard InChI is InChI=1S/C24H28F4N2O/c1-14-10-19(21(25)15(2)22(14)29-20(31)12-23(3,4)5)30-9-8-16-11-18(24(26,27)28)7-6-17(16)13-30/h6-7,10-11H,8-9,12-13H2,1-5H3,(H,29,31).